The Labute approximate surface area is 180 Å². The number of Topliss-reactive ketones (excluding diaryl/α,β-unsaturated/α-hetero) is 1. The van der Waals surface area contributed by atoms with Crippen LogP contribution in [0.25, 0.3) is 6.08 Å². The largest absolute Gasteiger partial charge is 0.497 e. The lowest BCUT2D eigenvalue weighted by Crippen LogP contribution is -2.38. The first-order valence-corrected chi connectivity index (χ1v) is 10.5. The molecule has 0 radical (unpaired) electrons. The fourth-order valence-corrected chi connectivity index (χ4v) is 3.92. The summed E-state index contributed by atoms with van der Waals surface area (Å²) >= 11 is 1.55. The predicted octanol–water partition coefficient (Wildman–Crippen LogP) is 4.57. The summed E-state index contributed by atoms with van der Waals surface area (Å²) in [6, 6.07) is 12.5. The number of thioether (sulfide) groups is 1. The molecule has 0 aromatic heterocycles. The molecule has 0 bridgehead atoms. The highest BCUT2D eigenvalue weighted by Crippen LogP contribution is 2.26. The van der Waals surface area contributed by atoms with E-state index in [4.69, 9.17) is 9.47 Å². The smallest absolute Gasteiger partial charge is 0.252 e. The van der Waals surface area contributed by atoms with Crippen molar-refractivity contribution in [2.75, 3.05) is 26.5 Å². The van der Waals surface area contributed by atoms with Crippen LogP contribution in [0.1, 0.15) is 29.3 Å². The van der Waals surface area contributed by atoms with Crippen LogP contribution in [0, 0.1) is 0 Å². The van der Waals surface area contributed by atoms with Crippen LogP contribution in [-0.2, 0) is 4.79 Å². The highest BCUT2D eigenvalue weighted by atomic mass is 32.2. The highest BCUT2D eigenvalue weighted by molar-refractivity contribution is 8.13. The minimum atomic E-state index is -0.147. The quantitative estimate of drug-likeness (QED) is 0.502. The van der Waals surface area contributed by atoms with Gasteiger partial charge in [0.25, 0.3) is 5.91 Å². The zero-order valence-electron chi connectivity index (χ0n) is 17.3. The number of benzene rings is 2. The molecule has 6 nitrogen and oxygen atoms in total. The molecule has 0 aliphatic carbocycles. The van der Waals surface area contributed by atoms with E-state index in [1.165, 1.54) is 13.0 Å². The van der Waals surface area contributed by atoms with Gasteiger partial charge in [-0.1, -0.05) is 11.8 Å². The van der Waals surface area contributed by atoms with E-state index >= 15 is 0 Å². The van der Waals surface area contributed by atoms with Crippen molar-refractivity contribution in [3.63, 3.8) is 0 Å². The monoisotopic (exact) mass is 424 g/mol. The third kappa shape index (κ3) is 5.30. The topological polar surface area (TPSA) is 68.2 Å². The standard InChI is InChI=1S/C23H24N2O4S/c1-16(26)17-5-8-19(9-6-17)24-23-25(13-4-14-30-23)22(27)12-7-18-15-20(28-2)10-11-21(18)29-3/h5-12,15H,4,13-14H2,1-3H3. The molecule has 1 heterocycles. The Balaban J connectivity index is 1.81. The van der Waals surface area contributed by atoms with Crippen LogP contribution >= 0.6 is 11.8 Å². The van der Waals surface area contributed by atoms with E-state index in [0.29, 0.717) is 34.5 Å². The lowest BCUT2D eigenvalue weighted by Gasteiger charge is -2.26. The molecule has 1 fully saturated rings. The van der Waals surface area contributed by atoms with Gasteiger partial charge in [-0.3, -0.25) is 14.5 Å². The van der Waals surface area contributed by atoms with Gasteiger partial charge in [0, 0.05) is 29.5 Å². The molecule has 0 unspecified atom stereocenters. The van der Waals surface area contributed by atoms with Gasteiger partial charge in [-0.2, -0.15) is 0 Å². The molecule has 3 rings (SSSR count). The van der Waals surface area contributed by atoms with Crippen LogP contribution in [-0.4, -0.2) is 48.3 Å². The summed E-state index contributed by atoms with van der Waals surface area (Å²) in [7, 11) is 3.18. The summed E-state index contributed by atoms with van der Waals surface area (Å²) in [6.45, 7) is 2.14. The van der Waals surface area contributed by atoms with E-state index in [1.807, 2.05) is 6.07 Å². The molecule has 0 N–H and O–H groups in total. The van der Waals surface area contributed by atoms with Crippen LogP contribution in [0.4, 0.5) is 5.69 Å². The minimum Gasteiger partial charge on any atom is -0.497 e. The molecular formula is C23H24N2O4S. The molecular weight excluding hydrogens is 400 g/mol. The van der Waals surface area contributed by atoms with E-state index in [1.54, 1.807) is 73.4 Å². The molecule has 1 amide bonds. The van der Waals surface area contributed by atoms with Crippen molar-refractivity contribution in [3.8, 4) is 11.5 Å². The van der Waals surface area contributed by atoms with Gasteiger partial charge in [0.1, 0.15) is 11.5 Å². The Morgan fingerprint density at radius 1 is 1.10 bits per heavy atom. The number of aliphatic imine (C=N–C) groups is 1. The number of ketones is 1. The van der Waals surface area contributed by atoms with Gasteiger partial charge in [-0.25, -0.2) is 4.99 Å². The summed E-state index contributed by atoms with van der Waals surface area (Å²) in [6.07, 6.45) is 4.15. The van der Waals surface area contributed by atoms with Crippen LogP contribution < -0.4 is 9.47 Å². The van der Waals surface area contributed by atoms with Crippen molar-refractivity contribution < 1.29 is 19.1 Å². The molecule has 156 valence electrons. The normalized spacial score (nSPS) is 15.4. The van der Waals surface area contributed by atoms with Gasteiger partial charge in [0.15, 0.2) is 11.0 Å². The molecule has 2 aromatic carbocycles. The Morgan fingerprint density at radius 2 is 1.87 bits per heavy atom. The second-order valence-corrected chi connectivity index (χ2v) is 7.69. The first-order chi connectivity index (χ1) is 14.5. The first kappa shape index (κ1) is 21.6. The number of rotatable bonds is 6. The molecule has 0 saturated carbocycles. The Hall–Kier alpha value is -3.06. The SMILES string of the molecule is COc1ccc(OC)c(C=CC(=O)N2CCCSC2=Nc2ccc(C(C)=O)cc2)c1. The molecule has 0 atom stereocenters. The summed E-state index contributed by atoms with van der Waals surface area (Å²) in [4.78, 5) is 30.7. The van der Waals surface area contributed by atoms with Gasteiger partial charge in [-0.05, 0) is 61.9 Å². The lowest BCUT2D eigenvalue weighted by molar-refractivity contribution is -0.122. The van der Waals surface area contributed by atoms with Crippen LogP contribution in [0.5, 0.6) is 11.5 Å². The maximum absolute atomic E-state index is 12.9. The summed E-state index contributed by atoms with van der Waals surface area (Å²) in [5.41, 5.74) is 2.10. The summed E-state index contributed by atoms with van der Waals surface area (Å²) in [5, 5.41) is 0.657. The fraction of sp³-hybridized carbons (Fsp3) is 0.261. The number of amidine groups is 1. The molecule has 0 spiro atoms. The zero-order valence-corrected chi connectivity index (χ0v) is 18.1. The fourth-order valence-electron chi connectivity index (χ4n) is 2.96. The van der Waals surface area contributed by atoms with Crippen LogP contribution in [0.2, 0.25) is 0 Å². The summed E-state index contributed by atoms with van der Waals surface area (Å²) in [5.74, 6) is 2.11. The highest BCUT2D eigenvalue weighted by Gasteiger charge is 2.22. The van der Waals surface area contributed by atoms with Gasteiger partial charge >= 0.3 is 0 Å². The zero-order chi connectivity index (χ0) is 21.5. The van der Waals surface area contributed by atoms with Gasteiger partial charge < -0.3 is 9.47 Å². The van der Waals surface area contributed by atoms with E-state index in [9.17, 15) is 9.59 Å². The Bertz CT molecular complexity index is 983. The molecule has 2 aromatic rings. The molecule has 7 heteroatoms. The van der Waals surface area contributed by atoms with Crippen molar-refractivity contribution in [1.82, 2.24) is 4.90 Å². The number of ether oxygens (including phenoxy) is 2. The van der Waals surface area contributed by atoms with Crippen molar-refractivity contribution in [2.24, 2.45) is 4.99 Å². The van der Waals surface area contributed by atoms with Crippen molar-refractivity contribution in [3.05, 3.63) is 59.7 Å². The van der Waals surface area contributed by atoms with Gasteiger partial charge in [0.05, 0.1) is 19.9 Å². The molecule has 1 aliphatic heterocycles. The molecule has 30 heavy (non-hydrogen) atoms. The first-order valence-electron chi connectivity index (χ1n) is 9.56. The molecule has 1 saturated heterocycles. The molecule has 1 aliphatic rings. The van der Waals surface area contributed by atoms with E-state index in [0.717, 1.165) is 17.7 Å². The number of carbonyl (C=O) groups is 2. The van der Waals surface area contributed by atoms with Crippen LogP contribution in [0.15, 0.2) is 53.5 Å². The number of nitrogens with zero attached hydrogens (tertiary/aromatic N) is 2. The number of methoxy groups -OCH3 is 2. The maximum Gasteiger partial charge on any atom is 0.252 e. The van der Waals surface area contributed by atoms with Gasteiger partial charge in [0.2, 0.25) is 0 Å². The number of carbonyl (C=O) groups excluding carboxylic acids is 2. The van der Waals surface area contributed by atoms with Crippen molar-refractivity contribution in [2.45, 2.75) is 13.3 Å². The van der Waals surface area contributed by atoms with Crippen molar-refractivity contribution in [1.29, 1.82) is 0 Å². The Kier molecular flexibility index (Phi) is 7.30. The third-order valence-corrected chi connectivity index (χ3v) is 5.66. The number of amides is 1. The second kappa shape index (κ2) is 10.1. The van der Waals surface area contributed by atoms with Crippen LogP contribution in [0.3, 0.4) is 0 Å². The maximum atomic E-state index is 12.9. The van der Waals surface area contributed by atoms with E-state index < -0.39 is 0 Å². The predicted molar refractivity (Wildman–Crippen MR) is 121 cm³/mol. The van der Waals surface area contributed by atoms with Gasteiger partial charge in [-0.15, -0.1) is 0 Å². The number of hydrogen-bond donors (Lipinski definition) is 0. The summed E-state index contributed by atoms with van der Waals surface area (Å²) < 4.78 is 10.6. The van der Waals surface area contributed by atoms with Crippen molar-refractivity contribution >= 4 is 40.4 Å². The van der Waals surface area contributed by atoms with E-state index in [2.05, 4.69) is 4.99 Å². The van der Waals surface area contributed by atoms with E-state index in [-0.39, 0.29) is 11.7 Å². The minimum absolute atomic E-state index is 0.0103. The average Bonchev–Trinajstić information content (AvgIpc) is 2.78. The average molecular weight is 425 g/mol. The second-order valence-electron chi connectivity index (χ2n) is 6.63. The third-order valence-electron chi connectivity index (χ3n) is 4.60. The number of hydrogen-bond acceptors (Lipinski definition) is 6. The lowest BCUT2D eigenvalue weighted by atomic mass is 10.1. The Morgan fingerprint density at radius 3 is 2.53 bits per heavy atom.